The van der Waals surface area contributed by atoms with Crippen molar-refractivity contribution in [1.82, 2.24) is 4.98 Å². The fourth-order valence-electron chi connectivity index (χ4n) is 1.99. The fraction of sp³-hybridized carbons (Fsp3) is 0.267. The Morgan fingerprint density at radius 2 is 2.16 bits per heavy atom. The minimum Gasteiger partial charge on any atom is -0.492 e. The van der Waals surface area contributed by atoms with Gasteiger partial charge in [0.25, 0.3) is 0 Å². The normalized spacial score (nSPS) is 12.2. The number of nitrogens with zero attached hydrogens (tertiary/aromatic N) is 1. The Bertz CT molecular complexity index is 572. The van der Waals surface area contributed by atoms with Crippen molar-refractivity contribution >= 4 is 15.9 Å². The second-order valence-electron chi connectivity index (χ2n) is 4.32. The van der Waals surface area contributed by atoms with Crippen LogP contribution >= 0.6 is 15.9 Å². The maximum Gasteiger partial charge on any atom is 0.137 e. The molecule has 0 fully saturated rings. The number of rotatable bonds is 4. The first-order valence-corrected chi connectivity index (χ1v) is 7.01. The van der Waals surface area contributed by atoms with E-state index in [9.17, 15) is 0 Å². The Morgan fingerprint density at radius 3 is 2.89 bits per heavy atom. The highest BCUT2D eigenvalue weighted by molar-refractivity contribution is 9.10. The highest BCUT2D eigenvalue weighted by Crippen LogP contribution is 2.28. The zero-order valence-electron chi connectivity index (χ0n) is 11.1. The molecular formula is C15H17BrN2O. The molecule has 3 nitrogen and oxygen atoms in total. The summed E-state index contributed by atoms with van der Waals surface area (Å²) in [4.78, 5) is 4.19. The zero-order chi connectivity index (χ0) is 13.8. The summed E-state index contributed by atoms with van der Waals surface area (Å²) in [6.07, 6.45) is 3.49. The summed E-state index contributed by atoms with van der Waals surface area (Å²) in [6, 6.07) is 7.79. The molecule has 2 N–H and O–H groups in total. The van der Waals surface area contributed by atoms with Crippen LogP contribution in [0.5, 0.6) is 5.75 Å². The smallest absolute Gasteiger partial charge is 0.137 e. The Morgan fingerprint density at radius 1 is 1.37 bits per heavy atom. The van der Waals surface area contributed by atoms with Crippen molar-refractivity contribution in [2.24, 2.45) is 5.73 Å². The maximum absolute atomic E-state index is 6.33. The maximum atomic E-state index is 6.33. The lowest BCUT2D eigenvalue weighted by atomic mass is 9.97. The standard InChI is InChI=1S/C15H17BrN2O/c1-3-19-12-7-11(8-18-9-12)15(17)13-5-4-6-14(16)10(13)2/h4-9,15H,3,17H2,1-2H3. The van der Waals surface area contributed by atoms with Gasteiger partial charge in [0.05, 0.1) is 18.8 Å². The van der Waals surface area contributed by atoms with Gasteiger partial charge in [-0.05, 0) is 42.7 Å². The molecular weight excluding hydrogens is 304 g/mol. The molecule has 0 saturated heterocycles. The summed E-state index contributed by atoms with van der Waals surface area (Å²) in [5, 5.41) is 0. The third-order valence-corrected chi connectivity index (χ3v) is 3.91. The van der Waals surface area contributed by atoms with Gasteiger partial charge in [0.15, 0.2) is 0 Å². The van der Waals surface area contributed by atoms with Crippen molar-refractivity contribution in [3.05, 3.63) is 57.8 Å². The molecule has 0 aliphatic rings. The van der Waals surface area contributed by atoms with E-state index in [1.54, 1.807) is 12.4 Å². The van der Waals surface area contributed by atoms with Crippen LogP contribution in [0.2, 0.25) is 0 Å². The number of aromatic nitrogens is 1. The molecule has 1 unspecified atom stereocenters. The summed E-state index contributed by atoms with van der Waals surface area (Å²) in [5.41, 5.74) is 9.52. The first-order chi connectivity index (χ1) is 9.13. The van der Waals surface area contributed by atoms with Crippen molar-refractivity contribution in [3.8, 4) is 5.75 Å². The van der Waals surface area contributed by atoms with E-state index >= 15 is 0 Å². The molecule has 1 heterocycles. The van der Waals surface area contributed by atoms with Crippen molar-refractivity contribution in [2.45, 2.75) is 19.9 Å². The lowest BCUT2D eigenvalue weighted by molar-refractivity contribution is 0.338. The quantitative estimate of drug-likeness (QED) is 0.936. The molecule has 0 aliphatic carbocycles. The van der Waals surface area contributed by atoms with E-state index in [2.05, 4.69) is 27.8 Å². The number of hydrogen-bond donors (Lipinski definition) is 1. The number of pyridine rings is 1. The van der Waals surface area contributed by atoms with Crippen LogP contribution < -0.4 is 10.5 Å². The summed E-state index contributed by atoms with van der Waals surface area (Å²) in [7, 11) is 0. The minimum absolute atomic E-state index is 0.203. The molecule has 100 valence electrons. The first-order valence-electron chi connectivity index (χ1n) is 6.21. The molecule has 0 saturated carbocycles. The molecule has 0 aliphatic heterocycles. The Balaban J connectivity index is 2.35. The second-order valence-corrected chi connectivity index (χ2v) is 5.17. The zero-order valence-corrected chi connectivity index (χ0v) is 12.6. The van der Waals surface area contributed by atoms with Gasteiger partial charge in [0.1, 0.15) is 5.75 Å². The molecule has 4 heteroatoms. The highest BCUT2D eigenvalue weighted by Gasteiger charge is 2.13. The van der Waals surface area contributed by atoms with Gasteiger partial charge in [-0.2, -0.15) is 0 Å². The van der Waals surface area contributed by atoms with E-state index in [0.29, 0.717) is 6.61 Å². The van der Waals surface area contributed by atoms with Gasteiger partial charge in [0.2, 0.25) is 0 Å². The number of halogens is 1. The van der Waals surface area contributed by atoms with E-state index < -0.39 is 0 Å². The fourth-order valence-corrected chi connectivity index (χ4v) is 2.37. The van der Waals surface area contributed by atoms with Gasteiger partial charge in [-0.1, -0.05) is 28.1 Å². The predicted octanol–water partition coefficient (Wildman–Crippen LogP) is 3.60. The summed E-state index contributed by atoms with van der Waals surface area (Å²) < 4.78 is 6.52. The van der Waals surface area contributed by atoms with E-state index in [1.165, 1.54) is 0 Å². The molecule has 0 spiro atoms. The van der Waals surface area contributed by atoms with E-state index in [0.717, 1.165) is 26.9 Å². The Kier molecular flexibility index (Phi) is 4.56. The third-order valence-electron chi connectivity index (χ3n) is 3.05. The number of benzene rings is 1. The van der Waals surface area contributed by atoms with Crippen molar-refractivity contribution < 1.29 is 4.74 Å². The Labute approximate surface area is 121 Å². The lowest BCUT2D eigenvalue weighted by Crippen LogP contribution is -2.14. The monoisotopic (exact) mass is 320 g/mol. The summed E-state index contributed by atoms with van der Waals surface area (Å²) in [5.74, 6) is 0.753. The van der Waals surface area contributed by atoms with Crippen LogP contribution in [-0.4, -0.2) is 11.6 Å². The van der Waals surface area contributed by atoms with Gasteiger partial charge in [-0.25, -0.2) is 0 Å². The minimum atomic E-state index is -0.203. The van der Waals surface area contributed by atoms with Crippen LogP contribution in [0.15, 0.2) is 41.1 Å². The average Bonchev–Trinajstić information content (AvgIpc) is 2.42. The van der Waals surface area contributed by atoms with Gasteiger partial charge in [0, 0.05) is 10.7 Å². The van der Waals surface area contributed by atoms with Crippen LogP contribution in [0.4, 0.5) is 0 Å². The number of ether oxygens (including phenoxy) is 1. The molecule has 0 bridgehead atoms. The van der Waals surface area contributed by atoms with Gasteiger partial charge in [-0.3, -0.25) is 4.98 Å². The van der Waals surface area contributed by atoms with E-state index in [4.69, 9.17) is 10.5 Å². The van der Waals surface area contributed by atoms with Crippen LogP contribution in [0.1, 0.15) is 29.7 Å². The predicted molar refractivity (Wildman–Crippen MR) is 80.3 cm³/mol. The van der Waals surface area contributed by atoms with E-state index in [1.807, 2.05) is 31.2 Å². The molecule has 1 aromatic heterocycles. The number of nitrogens with two attached hydrogens (primary N) is 1. The van der Waals surface area contributed by atoms with Gasteiger partial charge in [-0.15, -0.1) is 0 Å². The second kappa shape index (κ2) is 6.17. The molecule has 2 aromatic rings. The molecule has 1 atom stereocenters. The highest BCUT2D eigenvalue weighted by atomic mass is 79.9. The summed E-state index contributed by atoms with van der Waals surface area (Å²) >= 11 is 3.53. The lowest BCUT2D eigenvalue weighted by Gasteiger charge is -2.16. The Hall–Kier alpha value is -1.39. The molecule has 19 heavy (non-hydrogen) atoms. The van der Waals surface area contributed by atoms with Crippen LogP contribution in [0, 0.1) is 6.92 Å². The van der Waals surface area contributed by atoms with Crippen LogP contribution in [0.3, 0.4) is 0 Å². The topological polar surface area (TPSA) is 48.1 Å². The molecule has 0 radical (unpaired) electrons. The van der Waals surface area contributed by atoms with Crippen LogP contribution in [-0.2, 0) is 0 Å². The van der Waals surface area contributed by atoms with Gasteiger partial charge < -0.3 is 10.5 Å². The van der Waals surface area contributed by atoms with Gasteiger partial charge >= 0.3 is 0 Å². The van der Waals surface area contributed by atoms with Crippen molar-refractivity contribution in [1.29, 1.82) is 0 Å². The summed E-state index contributed by atoms with van der Waals surface area (Å²) in [6.45, 7) is 4.63. The SMILES string of the molecule is CCOc1cncc(C(N)c2cccc(Br)c2C)c1. The van der Waals surface area contributed by atoms with Crippen LogP contribution in [0.25, 0.3) is 0 Å². The third kappa shape index (κ3) is 3.14. The van der Waals surface area contributed by atoms with Crippen molar-refractivity contribution in [2.75, 3.05) is 6.61 Å². The molecule has 0 amide bonds. The number of hydrogen-bond acceptors (Lipinski definition) is 3. The van der Waals surface area contributed by atoms with Crippen molar-refractivity contribution in [3.63, 3.8) is 0 Å². The molecule has 2 rings (SSSR count). The van der Waals surface area contributed by atoms with E-state index in [-0.39, 0.29) is 6.04 Å². The average molecular weight is 321 g/mol. The first kappa shape index (κ1) is 14.0. The largest absolute Gasteiger partial charge is 0.492 e. The molecule has 1 aromatic carbocycles.